The Balaban J connectivity index is 2.23. The summed E-state index contributed by atoms with van der Waals surface area (Å²) in [5, 5.41) is 4.54. The van der Waals surface area contributed by atoms with Crippen LogP contribution in [0.1, 0.15) is 15.9 Å². The second-order valence-electron chi connectivity index (χ2n) is 3.89. The monoisotopic (exact) mass is 271 g/mol. The van der Waals surface area contributed by atoms with Gasteiger partial charge in [0, 0.05) is 15.2 Å². The predicted molar refractivity (Wildman–Crippen MR) is 77.7 cm³/mol. The van der Waals surface area contributed by atoms with Gasteiger partial charge in [-0.05, 0) is 23.8 Å². The number of anilines is 1. The molecule has 2 aromatic carbocycles. The van der Waals surface area contributed by atoms with Gasteiger partial charge in [0.2, 0.25) is 0 Å². The van der Waals surface area contributed by atoms with Crippen LogP contribution in [0.4, 0.5) is 5.69 Å². The molecule has 0 saturated carbocycles. The van der Waals surface area contributed by atoms with Gasteiger partial charge in [-0.25, -0.2) is 0 Å². The van der Waals surface area contributed by atoms with Gasteiger partial charge in [-0.1, -0.05) is 48.2 Å². The highest BCUT2D eigenvalue weighted by molar-refractivity contribution is 7.99. The van der Waals surface area contributed by atoms with Gasteiger partial charge in [0.25, 0.3) is 5.91 Å². The lowest BCUT2D eigenvalue weighted by molar-refractivity contribution is 0.102. The van der Waals surface area contributed by atoms with E-state index in [2.05, 4.69) is 5.32 Å². The topological polar surface area (TPSA) is 29.1 Å². The van der Waals surface area contributed by atoms with Crippen LogP contribution in [0.3, 0.4) is 0 Å². The lowest BCUT2D eigenvalue weighted by atomic mass is 10.1. The largest absolute Gasteiger partial charge is 0.321 e. The van der Waals surface area contributed by atoms with Gasteiger partial charge in [0.1, 0.15) is 0 Å². The molecule has 0 spiro atoms. The van der Waals surface area contributed by atoms with Crippen LogP contribution in [0.25, 0.3) is 0 Å². The summed E-state index contributed by atoms with van der Waals surface area (Å²) in [7, 11) is 0. The van der Waals surface area contributed by atoms with Crippen LogP contribution in [0.5, 0.6) is 0 Å². The van der Waals surface area contributed by atoms with Crippen molar-refractivity contribution in [3.8, 4) is 0 Å². The molecule has 0 saturated heterocycles. The smallest absolute Gasteiger partial charge is 0.256 e. The van der Waals surface area contributed by atoms with Crippen molar-refractivity contribution in [2.75, 3.05) is 5.32 Å². The number of carbonyl (C=O) groups is 1. The van der Waals surface area contributed by atoms with Crippen LogP contribution in [0.15, 0.2) is 52.3 Å². The van der Waals surface area contributed by atoms with E-state index in [0.29, 0.717) is 5.56 Å². The lowest BCUT2D eigenvalue weighted by Crippen LogP contribution is -2.11. The summed E-state index contributed by atoms with van der Waals surface area (Å²) in [5.41, 5.74) is 2.44. The van der Waals surface area contributed by atoms with E-state index in [1.165, 1.54) is 0 Å². The first-order valence-electron chi connectivity index (χ1n) is 5.46. The second-order valence-corrected chi connectivity index (χ2v) is 5.18. The molecule has 0 unspecified atom stereocenters. The number of nitrogens with one attached hydrogen (secondary N) is 1. The Labute approximate surface area is 114 Å². The van der Waals surface area contributed by atoms with Crippen LogP contribution in [-0.4, -0.2) is 11.3 Å². The van der Waals surface area contributed by atoms with Crippen LogP contribution in [0, 0.1) is 0 Å². The van der Waals surface area contributed by atoms with Crippen LogP contribution in [0.2, 0.25) is 0 Å². The van der Waals surface area contributed by atoms with Crippen molar-refractivity contribution in [1.82, 2.24) is 0 Å². The molecule has 1 aliphatic heterocycles. The highest BCUT2D eigenvalue weighted by Crippen LogP contribution is 2.39. The third kappa shape index (κ3) is 1.83. The molecule has 0 bridgehead atoms. The predicted octanol–water partition coefficient (Wildman–Crippen LogP) is 3.75. The van der Waals surface area contributed by atoms with Crippen molar-refractivity contribution in [3.63, 3.8) is 0 Å². The molecular formula is C14H9NOS2. The van der Waals surface area contributed by atoms with Gasteiger partial charge in [-0.2, -0.15) is 0 Å². The fourth-order valence-electron chi connectivity index (χ4n) is 1.90. The van der Waals surface area contributed by atoms with Crippen molar-refractivity contribution in [2.45, 2.75) is 9.79 Å². The Morgan fingerprint density at radius 1 is 1.11 bits per heavy atom. The van der Waals surface area contributed by atoms with E-state index in [1.807, 2.05) is 42.5 Å². The minimum atomic E-state index is -0.0823. The Kier molecular flexibility index (Phi) is 2.89. The third-order valence-corrected chi connectivity index (χ3v) is 4.25. The van der Waals surface area contributed by atoms with Crippen LogP contribution in [-0.2, 0) is 0 Å². The third-order valence-electron chi connectivity index (χ3n) is 2.76. The molecule has 1 aliphatic rings. The zero-order valence-electron chi connectivity index (χ0n) is 9.34. The minimum absolute atomic E-state index is 0.0823. The fourth-order valence-corrected chi connectivity index (χ4v) is 3.28. The number of carbonyl (C=O) groups excluding carboxylic acids is 1. The molecule has 0 atom stereocenters. The van der Waals surface area contributed by atoms with Gasteiger partial charge in [-0.3, -0.25) is 4.79 Å². The first kappa shape index (κ1) is 11.4. The first-order chi connectivity index (χ1) is 8.79. The summed E-state index contributed by atoms with van der Waals surface area (Å²) in [6.45, 7) is 0. The van der Waals surface area contributed by atoms with Gasteiger partial charge < -0.3 is 5.32 Å². The lowest BCUT2D eigenvalue weighted by Gasteiger charge is -2.06. The number of fused-ring (bicyclic) bond motifs is 2. The molecule has 0 fully saturated rings. The zero-order valence-corrected chi connectivity index (χ0v) is 11.0. The van der Waals surface area contributed by atoms with Gasteiger partial charge in [0.05, 0.1) is 11.3 Å². The SMILES string of the molecule is O=C1Nc2ccccc2Sc2c(C=S)cccc21. The Morgan fingerprint density at radius 2 is 1.94 bits per heavy atom. The minimum Gasteiger partial charge on any atom is -0.321 e. The van der Waals surface area contributed by atoms with Crippen LogP contribution < -0.4 is 5.32 Å². The molecule has 3 rings (SSSR count). The molecule has 4 heteroatoms. The fraction of sp³-hybridized carbons (Fsp3) is 0. The summed E-state index contributed by atoms with van der Waals surface area (Å²) in [6, 6.07) is 13.4. The Hall–Kier alpha value is -1.65. The molecular weight excluding hydrogens is 262 g/mol. The summed E-state index contributed by atoms with van der Waals surface area (Å²) < 4.78 is 0. The van der Waals surface area contributed by atoms with Gasteiger partial charge >= 0.3 is 0 Å². The van der Waals surface area contributed by atoms with E-state index in [1.54, 1.807) is 17.1 Å². The van der Waals surface area contributed by atoms with E-state index in [0.717, 1.165) is 21.0 Å². The standard InChI is InChI=1S/C14H9NOS2/c16-14-10-5-3-4-9(8-17)13(10)18-12-7-2-1-6-11(12)15-14/h1-8H,(H,15,16). The van der Waals surface area contributed by atoms with E-state index < -0.39 is 0 Å². The van der Waals surface area contributed by atoms with Crippen molar-refractivity contribution in [3.05, 3.63) is 53.6 Å². The maximum absolute atomic E-state index is 12.2. The van der Waals surface area contributed by atoms with E-state index >= 15 is 0 Å². The highest BCUT2D eigenvalue weighted by atomic mass is 32.2. The molecule has 0 aromatic heterocycles. The van der Waals surface area contributed by atoms with E-state index in [-0.39, 0.29) is 5.91 Å². The molecule has 88 valence electrons. The van der Waals surface area contributed by atoms with Crippen molar-refractivity contribution >= 4 is 40.9 Å². The maximum Gasteiger partial charge on any atom is 0.256 e. The number of rotatable bonds is 1. The average molecular weight is 271 g/mol. The number of para-hydroxylation sites is 1. The van der Waals surface area contributed by atoms with E-state index in [4.69, 9.17) is 12.2 Å². The highest BCUT2D eigenvalue weighted by Gasteiger charge is 2.21. The van der Waals surface area contributed by atoms with Crippen LogP contribution >= 0.6 is 24.0 Å². The molecule has 2 aromatic rings. The molecule has 0 aliphatic carbocycles. The summed E-state index contributed by atoms with van der Waals surface area (Å²) in [4.78, 5) is 14.1. The quantitative estimate of drug-likeness (QED) is 0.801. The summed E-state index contributed by atoms with van der Waals surface area (Å²) in [6.07, 6.45) is 0. The van der Waals surface area contributed by atoms with E-state index in [9.17, 15) is 4.79 Å². The van der Waals surface area contributed by atoms with Gasteiger partial charge in [0.15, 0.2) is 0 Å². The average Bonchev–Trinajstić information content (AvgIpc) is 2.54. The molecule has 0 radical (unpaired) electrons. The Bertz CT molecular complexity index is 652. The normalized spacial score (nSPS) is 13.0. The molecule has 2 nitrogen and oxygen atoms in total. The number of benzene rings is 2. The zero-order chi connectivity index (χ0) is 12.5. The Morgan fingerprint density at radius 3 is 2.78 bits per heavy atom. The van der Waals surface area contributed by atoms with Gasteiger partial charge in [-0.15, -0.1) is 0 Å². The number of amides is 1. The molecule has 1 heterocycles. The molecule has 1 N–H and O–H groups in total. The molecule has 18 heavy (non-hydrogen) atoms. The number of hydrogen-bond donors (Lipinski definition) is 1. The first-order valence-corrected chi connectivity index (χ1v) is 6.75. The van der Waals surface area contributed by atoms with Crippen molar-refractivity contribution in [2.24, 2.45) is 0 Å². The van der Waals surface area contributed by atoms with Crippen molar-refractivity contribution < 1.29 is 4.79 Å². The molecule has 1 amide bonds. The van der Waals surface area contributed by atoms with Crippen molar-refractivity contribution in [1.29, 1.82) is 0 Å². The summed E-state index contributed by atoms with van der Waals surface area (Å²) in [5.74, 6) is -0.0823. The maximum atomic E-state index is 12.2. The summed E-state index contributed by atoms with van der Waals surface area (Å²) >= 11 is 6.59. The number of hydrogen-bond acceptors (Lipinski definition) is 3. The second kappa shape index (κ2) is 4.55. The number of thiocarbonyl (C=S) groups is 1.